The van der Waals surface area contributed by atoms with Crippen molar-refractivity contribution in [1.29, 1.82) is 0 Å². The molecule has 0 aliphatic carbocycles. The van der Waals surface area contributed by atoms with E-state index in [0.29, 0.717) is 31.1 Å². The molecular weight excluding hydrogens is 400 g/mol. The number of carbonyl (C=O) groups excluding carboxylic acids is 2. The second-order valence-corrected chi connectivity index (χ2v) is 8.06. The number of rotatable bonds is 4. The summed E-state index contributed by atoms with van der Waals surface area (Å²) in [6.45, 7) is 2.27. The summed E-state index contributed by atoms with van der Waals surface area (Å²) in [6, 6.07) is 13.5. The normalized spacial score (nSPS) is 15.3. The van der Waals surface area contributed by atoms with Gasteiger partial charge in [0.25, 0.3) is 5.91 Å². The van der Waals surface area contributed by atoms with Crippen LogP contribution in [0.3, 0.4) is 0 Å². The van der Waals surface area contributed by atoms with Crippen LogP contribution in [-0.2, 0) is 11.2 Å². The van der Waals surface area contributed by atoms with Gasteiger partial charge in [0.1, 0.15) is 16.5 Å². The Hall–Kier alpha value is -3.39. The lowest BCUT2D eigenvalue weighted by Crippen LogP contribution is -2.47. The SMILES string of the molecule is O=C1CN(c2ccccc2NC(=O)c2csc(-c3ccc4c(c3)CCO4)n2)CCN1. The first-order chi connectivity index (χ1) is 14.7. The predicted molar refractivity (Wildman–Crippen MR) is 116 cm³/mol. The molecule has 7 nitrogen and oxygen atoms in total. The molecule has 0 unspecified atom stereocenters. The lowest BCUT2D eigenvalue weighted by molar-refractivity contribution is -0.120. The molecule has 0 bridgehead atoms. The number of carbonyl (C=O) groups is 2. The van der Waals surface area contributed by atoms with Crippen molar-refractivity contribution in [3.63, 3.8) is 0 Å². The van der Waals surface area contributed by atoms with Gasteiger partial charge in [-0.2, -0.15) is 0 Å². The van der Waals surface area contributed by atoms with E-state index < -0.39 is 0 Å². The number of fused-ring (bicyclic) bond motifs is 1. The number of aromatic nitrogens is 1. The summed E-state index contributed by atoms with van der Waals surface area (Å²) < 4.78 is 5.56. The largest absolute Gasteiger partial charge is 0.493 e. The average Bonchev–Trinajstić information content (AvgIpc) is 3.43. The Morgan fingerprint density at radius 2 is 2.13 bits per heavy atom. The first-order valence-corrected chi connectivity index (χ1v) is 10.7. The van der Waals surface area contributed by atoms with Crippen LogP contribution in [0.5, 0.6) is 5.75 Å². The van der Waals surface area contributed by atoms with Crippen molar-refractivity contribution >= 4 is 34.5 Å². The van der Waals surface area contributed by atoms with Crippen molar-refractivity contribution in [2.24, 2.45) is 0 Å². The highest BCUT2D eigenvalue weighted by Gasteiger charge is 2.21. The Morgan fingerprint density at radius 3 is 3.03 bits per heavy atom. The van der Waals surface area contributed by atoms with E-state index >= 15 is 0 Å². The molecule has 8 heteroatoms. The predicted octanol–water partition coefficient (Wildman–Crippen LogP) is 2.93. The van der Waals surface area contributed by atoms with Crippen molar-refractivity contribution in [3.05, 3.63) is 59.1 Å². The van der Waals surface area contributed by atoms with Crippen LogP contribution in [-0.4, -0.2) is 43.0 Å². The number of para-hydroxylation sites is 2. The van der Waals surface area contributed by atoms with Gasteiger partial charge in [-0.15, -0.1) is 11.3 Å². The van der Waals surface area contributed by atoms with Crippen LogP contribution in [0.4, 0.5) is 11.4 Å². The molecule has 152 valence electrons. The average molecular weight is 420 g/mol. The molecule has 2 N–H and O–H groups in total. The number of ether oxygens (including phenoxy) is 1. The first-order valence-electron chi connectivity index (χ1n) is 9.81. The van der Waals surface area contributed by atoms with Crippen molar-refractivity contribution in [1.82, 2.24) is 10.3 Å². The summed E-state index contributed by atoms with van der Waals surface area (Å²) in [5.74, 6) is 0.637. The number of hydrogen-bond acceptors (Lipinski definition) is 6. The fourth-order valence-electron chi connectivity index (χ4n) is 3.72. The number of anilines is 2. The molecule has 0 spiro atoms. The van der Waals surface area contributed by atoms with Gasteiger partial charge in [-0.3, -0.25) is 9.59 Å². The van der Waals surface area contributed by atoms with Gasteiger partial charge in [0.15, 0.2) is 0 Å². The fraction of sp³-hybridized carbons (Fsp3) is 0.227. The molecule has 2 aliphatic rings. The number of hydrogen-bond donors (Lipinski definition) is 2. The van der Waals surface area contributed by atoms with Crippen LogP contribution in [0.15, 0.2) is 47.8 Å². The number of thiazole rings is 1. The van der Waals surface area contributed by atoms with Crippen molar-refractivity contribution in [2.45, 2.75) is 6.42 Å². The van der Waals surface area contributed by atoms with Gasteiger partial charge in [0.2, 0.25) is 5.91 Å². The van der Waals surface area contributed by atoms with Crippen molar-refractivity contribution < 1.29 is 14.3 Å². The van der Waals surface area contributed by atoms with Gasteiger partial charge < -0.3 is 20.3 Å². The summed E-state index contributed by atoms with van der Waals surface area (Å²) >= 11 is 1.44. The molecule has 1 fully saturated rings. The van der Waals surface area contributed by atoms with Crippen LogP contribution in [0.25, 0.3) is 10.6 Å². The number of amides is 2. The van der Waals surface area contributed by atoms with Gasteiger partial charge in [-0.05, 0) is 35.9 Å². The third-order valence-electron chi connectivity index (χ3n) is 5.20. The van der Waals surface area contributed by atoms with E-state index in [0.717, 1.165) is 28.4 Å². The molecule has 2 aromatic carbocycles. The van der Waals surface area contributed by atoms with Crippen LogP contribution in [0.2, 0.25) is 0 Å². The van der Waals surface area contributed by atoms with Crippen LogP contribution in [0.1, 0.15) is 16.1 Å². The summed E-state index contributed by atoms with van der Waals surface area (Å²) in [5, 5.41) is 8.35. The number of piperazine rings is 1. The maximum atomic E-state index is 12.9. The summed E-state index contributed by atoms with van der Waals surface area (Å²) in [6.07, 6.45) is 0.896. The molecule has 2 amide bonds. The Bertz CT molecular complexity index is 1130. The third kappa shape index (κ3) is 3.61. The van der Waals surface area contributed by atoms with Crippen LogP contribution >= 0.6 is 11.3 Å². The quantitative estimate of drug-likeness (QED) is 0.678. The van der Waals surface area contributed by atoms with Gasteiger partial charge in [0, 0.05) is 30.5 Å². The highest BCUT2D eigenvalue weighted by molar-refractivity contribution is 7.13. The van der Waals surface area contributed by atoms with Gasteiger partial charge in [-0.25, -0.2) is 4.98 Å². The lowest BCUT2D eigenvalue weighted by Gasteiger charge is -2.30. The highest BCUT2D eigenvalue weighted by Crippen LogP contribution is 2.32. The van der Waals surface area contributed by atoms with Gasteiger partial charge >= 0.3 is 0 Å². The van der Waals surface area contributed by atoms with E-state index in [1.165, 1.54) is 16.9 Å². The monoisotopic (exact) mass is 420 g/mol. The second-order valence-electron chi connectivity index (χ2n) is 7.20. The Morgan fingerprint density at radius 1 is 1.23 bits per heavy atom. The first kappa shape index (κ1) is 18.6. The zero-order valence-corrected chi connectivity index (χ0v) is 17.0. The fourth-order valence-corrected chi connectivity index (χ4v) is 4.51. The number of nitrogens with zero attached hydrogens (tertiary/aromatic N) is 2. The van der Waals surface area contributed by atoms with E-state index in [4.69, 9.17) is 4.74 Å². The molecule has 3 heterocycles. The highest BCUT2D eigenvalue weighted by atomic mass is 32.1. The second kappa shape index (κ2) is 7.79. The summed E-state index contributed by atoms with van der Waals surface area (Å²) in [5.41, 5.74) is 4.03. The molecule has 1 saturated heterocycles. The molecule has 0 radical (unpaired) electrons. The molecule has 30 heavy (non-hydrogen) atoms. The van der Waals surface area contributed by atoms with E-state index in [9.17, 15) is 9.59 Å². The molecule has 0 atom stereocenters. The van der Waals surface area contributed by atoms with E-state index in [-0.39, 0.29) is 18.4 Å². The Kier molecular flexibility index (Phi) is 4.84. The molecular formula is C22H20N4O3S. The zero-order chi connectivity index (χ0) is 20.5. The van der Waals surface area contributed by atoms with E-state index in [2.05, 4.69) is 21.7 Å². The minimum atomic E-state index is -0.268. The standard InChI is InChI=1S/C22H20N4O3S/c27-20-12-26(9-8-23-20)18-4-2-1-3-16(18)24-21(28)17-13-30-22(25-17)15-5-6-19-14(11-15)7-10-29-19/h1-6,11,13H,7-10,12H2,(H,23,27)(H,24,28). The minimum Gasteiger partial charge on any atom is -0.493 e. The topological polar surface area (TPSA) is 83.6 Å². The third-order valence-corrected chi connectivity index (χ3v) is 6.10. The molecule has 2 aliphatic heterocycles. The maximum Gasteiger partial charge on any atom is 0.275 e. The van der Waals surface area contributed by atoms with E-state index in [1.54, 1.807) is 5.38 Å². The number of nitrogens with one attached hydrogen (secondary N) is 2. The van der Waals surface area contributed by atoms with Gasteiger partial charge in [0.05, 0.1) is 24.5 Å². The molecule has 0 saturated carbocycles. The zero-order valence-electron chi connectivity index (χ0n) is 16.2. The van der Waals surface area contributed by atoms with Crippen LogP contribution < -0.4 is 20.3 Å². The van der Waals surface area contributed by atoms with Gasteiger partial charge in [-0.1, -0.05) is 12.1 Å². The summed E-state index contributed by atoms with van der Waals surface area (Å²) in [7, 11) is 0. The molecule has 1 aromatic heterocycles. The Balaban J connectivity index is 1.35. The molecule has 5 rings (SSSR count). The molecule has 3 aromatic rings. The number of benzene rings is 2. The van der Waals surface area contributed by atoms with Crippen molar-refractivity contribution in [3.8, 4) is 16.3 Å². The van der Waals surface area contributed by atoms with Crippen molar-refractivity contribution in [2.75, 3.05) is 36.5 Å². The van der Waals surface area contributed by atoms with Crippen LogP contribution in [0, 0.1) is 0 Å². The smallest absolute Gasteiger partial charge is 0.275 e. The Labute approximate surface area is 177 Å². The minimum absolute atomic E-state index is 0.0220. The van der Waals surface area contributed by atoms with E-state index in [1.807, 2.05) is 41.3 Å². The summed E-state index contributed by atoms with van der Waals surface area (Å²) in [4.78, 5) is 31.1. The maximum absolute atomic E-state index is 12.9. The lowest BCUT2D eigenvalue weighted by atomic mass is 10.1.